The standard InChI is InChI=1S/C16H24ClF3NO4P/c1-3-24-15(25-4-2)26(22,23)7-5-6-21-11-12-8-13(16(18,19)20)10-14(17)9-12/h8-10,15,21H,3-7,11H2,1-2H3,(H,22,23). The summed E-state index contributed by atoms with van der Waals surface area (Å²) in [7, 11) is -3.64. The van der Waals surface area contributed by atoms with Gasteiger partial charge in [0.1, 0.15) is 0 Å². The van der Waals surface area contributed by atoms with Gasteiger partial charge in [0, 0.05) is 30.9 Å². The van der Waals surface area contributed by atoms with E-state index in [1.54, 1.807) is 13.8 Å². The predicted octanol–water partition coefficient (Wildman–Crippen LogP) is 4.47. The fraction of sp³-hybridized carbons (Fsp3) is 0.625. The number of ether oxygens (including phenoxy) is 2. The molecule has 0 spiro atoms. The molecule has 1 rings (SSSR count). The van der Waals surface area contributed by atoms with Crippen molar-refractivity contribution in [3.05, 3.63) is 34.3 Å². The molecule has 0 radical (unpaired) electrons. The van der Waals surface area contributed by atoms with Crippen molar-refractivity contribution in [2.75, 3.05) is 25.9 Å². The van der Waals surface area contributed by atoms with Gasteiger partial charge >= 0.3 is 6.18 Å². The van der Waals surface area contributed by atoms with Crippen LogP contribution in [0.2, 0.25) is 5.02 Å². The quantitative estimate of drug-likeness (QED) is 0.316. The maximum atomic E-state index is 12.8. The number of rotatable bonds is 11. The van der Waals surface area contributed by atoms with E-state index in [1.165, 1.54) is 6.07 Å². The van der Waals surface area contributed by atoms with Gasteiger partial charge in [-0.3, -0.25) is 4.57 Å². The van der Waals surface area contributed by atoms with Crippen LogP contribution in [-0.2, 0) is 26.8 Å². The smallest absolute Gasteiger partial charge is 0.345 e. The third kappa shape index (κ3) is 7.94. The predicted molar refractivity (Wildman–Crippen MR) is 94.5 cm³/mol. The van der Waals surface area contributed by atoms with Crippen molar-refractivity contribution in [3.63, 3.8) is 0 Å². The highest BCUT2D eigenvalue weighted by Crippen LogP contribution is 2.47. The van der Waals surface area contributed by atoms with Crippen molar-refractivity contribution >= 4 is 19.0 Å². The lowest BCUT2D eigenvalue weighted by molar-refractivity contribution is -0.137. The monoisotopic (exact) mass is 417 g/mol. The molecule has 0 saturated carbocycles. The average molecular weight is 418 g/mol. The lowest BCUT2D eigenvalue weighted by atomic mass is 10.1. The molecule has 0 amide bonds. The summed E-state index contributed by atoms with van der Waals surface area (Å²) in [4.78, 5) is 10.1. The van der Waals surface area contributed by atoms with E-state index in [1.807, 2.05) is 0 Å². The van der Waals surface area contributed by atoms with Crippen LogP contribution in [0, 0.1) is 0 Å². The highest BCUT2D eigenvalue weighted by Gasteiger charge is 2.32. The molecule has 0 heterocycles. The molecule has 150 valence electrons. The third-order valence-corrected chi connectivity index (χ3v) is 5.53. The van der Waals surface area contributed by atoms with Crippen LogP contribution in [0.25, 0.3) is 0 Å². The van der Waals surface area contributed by atoms with E-state index in [0.717, 1.165) is 12.1 Å². The number of nitrogens with one attached hydrogen (secondary N) is 1. The summed E-state index contributed by atoms with van der Waals surface area (Å²) in [6.45, 7) is 4.43. The second-order valence-electron chi connectivity index (χ2n) is 5.57. The van der Waals surface area contributed by atoms with Gasteiger partial charge in [0.15, 0.2) is 0 Å². The molecule has 0 aliphatic heterocycles. The summed E-state index contributed by atoms with van der Waals surface area (Å²) >= 11 is 5.72. The van der Waals surface area contributed by atoms with E-state index < -0.39 is 25.1 Å². The first kappa shape index (κ1) is 23.4. The third-order valence-electron chi connectivity index (χ3n) is 3.39. The lowest BCUT2D eigenvalue weighted by Gasteiger charge is -2.22. The summed E-state index contributed by atoms with van der Waals surface area (Å²) < 4.78 is 60.9. The molecule has 0 aliphatic rings. The molecule has 0 bridgehead atoms. The molecule has 0 aromatic heterocycles. The number of hydrogen-bond donors (Lipinski definition) is 2. The molecule has 0 saturated heterocycles. The van der Waals surface area contributed by atoms with E-state index in [9.17, 15) is 22.6 Å². The van der Waals surface area contributed by atoms with Gasteiger partial charge in [0.05, 0.1) is 5.56 Å². The zero-order valence-electron chi connectivity index (χ0n) is 14.7. The van der Waals surface area contributed by atoms with Gasteiger partial charge in [-0.1, -0.05) is 11.6 Å². The Labute approximate surface area is 156 Å². The molecule has 1 aromatic carbocycles. The summed E-state index contributed by atoms with van der Waals surface area (Å²) in [5.41, 5.74) is -0.420. The van der Waals surface area contributed by atoms with Gasteiger partial charge in [0.2, 0.25) is 6.03 Å². The lowest BCUT2D eigenvalue weighted by Crippen LogP contribution is -2.21. The number of halogens is 4. The molecule has 0 fully saturated rings. The zero-order valence-corrected chi connectivity index (χ0v) is 16.3. The molecule has 26 heavy (non-hydrogen) atoms. The number of benzene rings is 1. The van der Waals surface area contributed by atoms with Crippen molar-refractivity contribution in [2.24, 2.45) is 0 Å². The van der Waals surface area contributed by atoms with Crippen LogP contribution in [0.5, 0.6) is 0 Å². The summed E-state index contributed by atoms with van der Waals surface area (Å²) in [6.07, 6.45) is -4.14. The fourth-order valence-corrected chi connectivity index (χ4v) is 4.09. The Morgan fingerprint density at radius 3 is 2.38 bits per heavy atom. The van der Waals surface area contributed by atoms with E-state index in [2.05, 4.69) is 5.32 Å². The van der Waals surface area contributed by atoms with Gasteiger partial charge in [-0.05, 0) is 50.6 Å². The molecule has 0 aliphatic carbocycles. The normalized spacial score (nSPS) is 14.6. The van der Waals surface area contributed by atoms with Crippen LogP contribution in [-0.4, -0.2) is 36.8 Å². The van der Waals surface area contributed by atoms with Crippen LogP contribution >= 0.6 is 19.0 Å². The van der Waals surface area contributed by atoms with Crippen molar-refractivity contribution < 1.29 is 32.1 Å². The van der Waals surface area contributed by atoms with Crippen LogP contribution in [0.4, 0.5) is 13.2 Å². The average Bonchev–Trinajstić information content (AvgIpc) is 2.53. The first-order chi connectivity index (χ1) is 12.1. The molecule has 1 atom stereocenters. The number of hydrogen-bond acceptors (Lipinski definition) is 4. The van der Waals surface area contributed by atoms with E-state index in [0.29, 0.717) is 18.5 Å². The second-order valence-corrected chi connectivity index (χ2v) is 8.39. The van der Waals surface area contributed by atoms with Gasteiger partial charge < -0.3 is 19.7 Å². The van der Waals surface area contributed by atoms with Crippen molar-refractivity contribution in [3.8, 4) is 0 Å². The first-order valence-electron chi connectivity index (χ1n) is 8.22. The Bertz CT molecular complexity index is 610. The van der Waals surface area contributed by atoms with Crippen LogP contribution in [0.1, 0.15) is 31.4 Å². The maximum Gasteiger partial charge on any atom is 0.416 e. The topological polar surface area (TPSA) is 67.8 Å². The highest BCUT2D eigenvalue weighted by atomic mass is 35.5. The highest BCUT2D eigenvalue weighted by molar-refractivity contribution is 7.58. The SMILES string of the molecule is CCOC(OCC)P(=O)(O)CCCNCc1cc(Cl)cc(C(F)(F)F)c1. The molecule has 2 N–H and O–H groups in total. The second kappa shape index (κ2) is 10.6. The van der Waals surface area contributed by atoms with Gasteiger partial charge in [0.25, 0.3) is 7.37 Å². The minimum absolute atomic E-state index is 0.00718. The summed E-state index contributed by atoms with van der Waals surface area (Å²) in [5, 5.41) is 2.95. The molecule has 1 unspecified atom stereocenters. The van der Waals surface area contributed by atoms with E-state index in [-0.39, 0.29) is 30.9 Å². The van der Waals surface area contributed by atoms with E-state index >= 15 is 0 Å². The Hall–Kier alpha value is -0.630. The zero-order chi connectivity index (χ0) is 19.8. The summed E-state index contributed by atoms with van der Waals surface area (Å²) in [5.74, 6) is 0. The Balaban J connectivity index is 2.50. The minimum Gasteiger partial charge on any atom is -0.345 e. The van der Waals surface area contributed by atoms with Gasteiger partial charge in [-0.15, -0.1) is 0 Å². The van der Waals surface area contributed by atoms with Crippen LogP contribution in [0.15, 0.2) is 18.2 Å². The number of alkyl halides is 3. The molecular formula is C16H24ClF3NO4P. The van der Waals surface area contributed by atoms with Crippen molar-refractivity contribution in [1.82, 2.24) is 5.32 Å². The summed E-state index contributed by atoms with van der Waals surface area (Å²) in [6, 6.07) is 2.19. The van der Waals surface area contributed by atoms with Crippen molar-refractivity contribution in [1.29, 1.82) is 0 Å². The molecule has 1 aromatic rings. The van der Waals surface area contributed by atoms with Crippen LogP contribution in [0.3, 0.4) is 0 Å². The van der Waals surface area contributed by atoms with E-state index in [4.69, 9.17) is 21.1 Å². The minimum atomic E-state index is -4.46. The first-order valence-corrected chi connectivity index (χ1v) is 10.5. The van der Waals surface area contributed by atoms with Crippen molar-refractivity contribution in [2.45, 2.75) is 39.0 Å². The molecule has 10 heteroatoms. The Morgan fingerprint density at radius 2 is 1.85 bits per heavy atom. The molecular weight excluding hydrogens is 394 g/mol. The van der Waals surface area contributed by atoms with Gasteiger partial charge in [-0.25, -0.2) is 0 Å². The largest absolute Gasteiger partial charge is 0.416 e. The molecule has 5 nitrogen and oxygen atoms in total. The maximum absolute atomic E-state index is 12.8. The Kier molecular flexibility index (Phi) is 9.58. The van der Waals surface area contributed by atoms with Gasteiger partial charge in [-0.2, -0.15) is 13.2 Å². The Morgan fingerprint density at radius 1 is 1.23 bits per heavy atom. The fourth-order valence-electron chi connectivity index (χ4n) is 2.25. The van der Waals surface area contributed by atoms with Crippen LogP contribution < -0.4 is 5.32 Å².